The Kier molecular flexibility index (Phi) is 3.99. The molecule has 0 amide bonds. The van der Waals surface area contributed by atoms with Crippen LogP contribution in [0.2, 0.25) is 5.02 Å². The zero-order chi connectivity index (χ0) is 15.0. The van der Waals surface area contributed by atoms with Gasteiger partial charge in [0.15, 0.2) is 0 Å². The maximum absolute atomic E-state index is 12.1. The number of aromatic amines is 1. The maximum atomic E-state index is 12.1. The summed E-state index contributed by atoms with van der Waals surface area (Å²) in [7, 11) is 3.98. The summed E-state index contributed by atoms with van der Waals surface area (Å²) >= 11 is 5.98. The second-order valence-corrected chi connectivity index (χ2v) is 5.79. The van der Waals surface area contributed by atoms with Crippen LogP contribution in [0.1, 0.15) is 6.29 Å². The number of benzene rings is 1. The predicted molar refractivity (Wildman–Crippen MR) is 79.8 cm³/mol. The molecule has 1 fully saturated rings. The van der Waals surface area contributed by atoms with E-state index in [4.69, 9.17) is 16.3 Å². The molecule has 1 saturated heterocycles. The average molecular weight is 313 g/mol. The minimum atomic E-state index is -0.0761. The third kappa shape index (κ3) is 2.69. The molecule has 1 aromatic heterocycles. The van der Waals surface area contributed by atoms with Crippen molar-refractivity contribution in [2.45, 2.75) is 6.29 Å². The number of hydrogen-bond donors (Lipinski definition) is 1. The first-order valence-corrected chi connectivity index (χ1v) is 7.26. The first kappa shape index (κ1) is 14.5. The molecule has 114 valence electrons. The van der Waals surface area contributed by atoms with Gasteiger partial charge < -0.3 is 4.74 Å². The van der Waals surface area contributed by atoms with Crippen molar-refractivity contribution in [3.63, 3.8) is 0 Å². The standard InChI is InChI=1S/C13H19ClN5O2/c1-16(2)13(17-5-7-21-8-6-17)18-11-4-3-10(14)9-12(11)19(20)15-18/h3-4,9,13H,5-8H2,1-2H3,(H,15,20)/q+1. The molecule has 2 aromatic rings. The highest BCUT2D eigenvalue weighted by molar-refractivity contribution is 6.31. The molecule has 0 radical (unpaired) electrons. The van der Waals surface area contributed by atoms with Crippen molar-refractivity contribution in [1.82, 2.24) is 19.7 Å². The number of nitrogens with zero attached hydrogens (tertiary/aromatic N) is 4. The quantitative estimate of drug-likeness (QED) is 0.855. The number of H-pyrrole nitrogens is 1. The number of aromatic nitrogens is 3. The minimum Gasteiger partial charge on any atom is -0.379 e. The summed E-state index contributed by atoms with van der Waals surface area (Å²) in [5, 5.41) is 3.40. The van der Waals surface area contributed by atoms with Crippen LogP contribution in [0.3, 0.4) is 0 Å². The topological polar surface area (TPSA) is 59.4 Å². The van der Waals surface area contributed by atoms with E-state index in [0.29, 0.717) is 23.8 Å². The molecule has 8 heteroatoms. The molecule has 2 heterocycles. The van der Waals surface area contributed by atoms with Crippen molar-refractivity contribution in [1.29, 1.82) is 0 Å². The van der Waals surface area contributed by atoms with Crippen LogP contribution >= 0.6 is 11.6 Å². The van der Waals surface area contributed by atoms with Crippen LogP contribution in [0, 0.1) is 4.91 Å². The van der Waals surface area contributed by atoms with Crippen molar-refractivity contribution >= 4 is 22.6 Å². The lowest BCUT2D eigenvalue weighted by Crippen LogP contribution is -2.47. The zero-order valence-corrected chi connectivity index (χ0v) is 12.9. The van der Waals surface area contributed by atoms with Gasteiger partial charge in [0.1, 0.15) is 0 Å². The SMILES string of the molecule is CN(C)C(N1CCOCC1)n1[nH][n+](=O)c2cc(Cl)ccc21. The summed E-state index contributed by atoms with van der Waals surface area (Å²) in [6.45, 7) is 3.05. The summed E-state index contributed by atoms with van der Waals surface area (Å²) in [5.41, 5.74) is 1.35. The van der Waals surface area contributed by atoms with Crippen molar-refractivity contribution in [3.05, 3.63) is 28.1 Å². The Bertz CT molecular complexity index is 689. The lowest BCUT2D eigenvalue weighted by Gasteiger charge is -2.34. The molecule has 0 aliphatic carbocycles. The molecule has 0 saturated carbocycles. The van der Waals surface area contributed by atoms with Gasteiger partial charge in [0.2, 0.25) is 11.8 Å². The van der Waals surface area contributed by atoms with Crippen molar-refractivity contribution < 1.29 is 9.28 Å². The van der Waals surface area contributed by atoms with E-state index >= 15 is 0 Å². The van der Waals surface area contributed by atoms with Gasteiger partial charge in [0.25, 0.3) is 5.52 Å². The van der Waals surface area contributed by atoms with Gasteiger partial charge in [-0.25, -0.2) is 4.90 Å². The predicted octanol–water partition coefficient (Wildman–Crippen LogP) is 0.887. The lowest BCUT2D eigenvalue weighted by molar-refractivity contribution is -0.542. The molecule has 7 nitrogen and oxygen atoms in total. The first-order valence-electron chi connectivity index (χ1n) is 6.88. The molecular formula is C13H19ClN5O2+. The molecule has 1 unspecified atom stereocenters. The summed E-state index contributed by atoms with van der Waals surface area (Å²) in [6, 6.07) is 5.32. The molecule has 1 N–H and O–H groups in total. The van der Waals surface area contributed by atoms with Crippen LogP contribution in [0.4, 0.5) is 0 Å². The number of rotatable bonds is 3. The Balaban J connectivity index is 2.09. The van der Waals surface area contributed by atoms with Crippen LogP contribution in [0.25, 0.3) is 11.0 Å². The van der Waals surface area contributed by atoms with Gasteiger partial charge in [-0.1, -0.05) is 16.8 Å². The summed E-state index contributed by atoms with van der Waals surface area (Å²) in [4.78, 5) is 16.4. The smallest absolute Gasteiger partial charge is 0.250 e. The highest BCUT2D eigenvalue weighted by Crippen LogP contribution is 2.22. The van der Waals surface area contributed by atoms with Crippen LogP contribution < -0.4 is 4.54 Å². The summed E-state index contributed by atoms with van der Waals surface area (Å²) in [5.74, 6) is 0. The fourth-order valence-electron chi connectivity index (χ4n) is 2.77. The van der Waals surface area contributed by atoms with E-state index in [1.807, 2.05) is 24.8 Å². The Morgan fingerprint density at radius 1 is 1.38 bits per heavy atom. The maximum Gasteiger partial charge on any atom is 0.250 e. The van der Waals surface area contributed by atoms with E-state index in [9.17, 15) is 4.91 Å². The van der Waals surface area contributed by atoms with Gasteiger partial charge in [-0.05, 0) is 31.1 Å². The van der Waals surface area contributed by atoms with Crippen molar-refractivity contribution in [2.24, 2.45) is 0 Å². The first-order chi connectivity index (χ1) is 10.1. The fraction of sp³-hybridized carbons (Fsp3) is 0.538. The molecule has 1 aromatic carbocycles. The lowest BCUT2D eigenvalue weighted by atomic mass is 10.3. The van der Waals surface area contributed by atoms with Crippen LogP contribution in [-0.4, -0.2) is 60.1 Å². The van der Waals surface area contributed by atoms with E-state index in [1.54, 1.807) is 12.1 Å². The number of ether oxygens (including phenoxy) is 1. The van der Waals surface area contributed by atoms with Crippen LogP contribution in [-0.2, 0) is 4.74 Å². The average Bonchev–Trinajstić information content (AvgIpc) is 2.77. The summed E-state index contributed by atoms with van der Waals surface area (Å²) < 4.78 is 8.02. The fourth-order valence-corrected chi connectivity index (χ4v) is 2.94. The van der Waals surface area contributed by atoms with E-state index < -0.39 is 0 Å². The third-order valence-electron chi connectivity index (χ3n) is 3.68. The largest absolute Gasteiger partial charge is 0.379 e. The molecule has 21 heavy (non-hydrogen) atoms. The van der Waals surface area contributed by atoms with Crippen molar-refractivity contribution in [2.75, 3.05) is 40.4 Å². The van der Waals surface area contributed by atoms with Crippen LogP contribution in [0.5, 0.6) is 0 Å². The molecule has 1 atom stereocenters. The van der Waals surface area contributed by atoms with Gasteiger partial charge >= 0.3 is 0 Å². The minimum absolute atomic E-state index is 0.0761. The summed E-state index contributed by atoms with van der Waals surface area (Å²) in [6.07, 6.45) is -0.0761. The van der Waals surface area contributed by atoms with Crippen LogP contribution in [0.15, 0.2) is 18.2 Å². The Labute approximate surface area is 127 Å². The molecule has 3 rings (SSSR count). The number of nitrogens with one attached hydrogen (secondary N) is 1. The van der Waals surface area contributed by atoms with Gasteiger partial charge in [-0.3, -0.25) is 4.90 Å². The molecule has 0 bridgehead atoms. The van der Waals surface area contributed by atoms with Gasteiger partial charge in [-0.2, -0.15) is 0 Å². The van der Waals surface area contributed by atoms with Gasteiger partial charge in [-0.15, -0.1) is 4.68 Å². The normalized spacial score (nSPS) is 18.5. The second kappa shape index (κ2) is 5.76. The van der Waals surface area contributed by atoms with Gasteiger partial charge in [0, 0.05) is 24.2 Å². The highest BCUT2D eigenvalue weighted by atomic mass is 35.5. The number of morpholine rings is 1. The molecule has 1 aliphatic rings. The van der Waals surface area contributed by atoms with E-state index in [1.165, 1.54) is 0 Å². The van der Waals surface area contributed by atoms with Crippen molar-refractivity contribution in [3.8, 4) is 0 Å². The monoisotopic (exact) mass is 312 g/mol. The number of hydrogen-bond acceptors (Lipinski definition) is 4. The Morgan fingerprint density at radius 2 is 2.10 bits per heavy atom. The third-order valence-corrected chi connectivity index (χ3v) is 3.91. The molecule has 1 aliphatic heterocycles. The van der Waals surface area contributed by atoms with E-state index in [2.05, 4.69) is 15.0 Å². The second-order valence-electron chi connectivity index (χ2n) is 5.36. The Morgan fingerprint density at radius 3 is 2.76 bits per heavy atom. The molecular weight excluding hydrogens is 294 g/mol. The van der Waals surface area contributed by atoms with Gasteiger partial charge in [0.05, 0.1) is 17.8 Å². The Hall–Kier alpha value is -1.41. The zero-order valence-electron chi connectivity index (χ0n) is 12.1. The molecule has 0 spiro atoms. The van der Waals surface area contributed by atoms with E-state index in [-0.39, 0.29) is 6.29 Å². The number of fused-ring (bicyclic) bond motifs is 1. The number of halogens is 1. The highest BCUT2D eigenvalue weighted by Gasteiger charge is 2.31. The van der Waals surface area contributed by atoms with E-state index in [0.717, 1.165) is 23.1 Å².